The number of benzene rings is 1. The molecular weight excluding hydrogens is 339 g/mol. The molecule has 0 bridgehead atoms. The average Bonchev–Trinajstić information content (AvgIpc) is 2.57. The first-order chi connectivity index (χ1) is 11.8. The summed E-state index contributed by atoms with van der Waals surface area (Å²) in [7, 11) is 0. The Bertz CT molecular complexity index is 778. The fraction of sp³-hybridized carbons (Fsp3) is 0.188. The highest BCUT2D eigenvalue weighted by Crippen LogP contribution is 2.20. The van der Waals surface area contributed by atoms with Gasteiger partial charge in [-0.1, -0.05) is 12.1 Å². The molecule has 0 aliphatic carbocycles. The molecule has 2 rings (SSSR count). The Labute approximate surface area is 140 Å². The van der Waals surface area contributed by atoms with Crippen LogP contribution in [0.15, 0.2) is 42.6 Å². The molecule has 0 unspecified atom stereocenters. The number of rotatable bonds is 6. The normalized spacial score (nSPS) is 11.0. The second-order valence-corrected chi connectivity index (χ2v) is 5.01. The van der Waals surface area contributed by atoms with Gasteiger partial charge in [0.15, 0.2) is 6.61 Å². The van der Waals surface area contributed by atoms with Crippen molar-refractivity contribution in [2.45, 2.75) is 12.7 Å². The van der Waals surface area contributed by atoms with Crippen molar-refractivity contribution in [3.05, 3.63) is 59.3 Å². The molecule has 0 aliphatic rings. The first-order valence-corrected chi connectivity index (χ1v) is 7.08. The van der Waals surface area contributed by atoms with Crippen molar-refractivity contribution in [1.82, 2.24) is 10.3 Å². The van der Waals surface area contributed by atoms with E-state index in [1.165, 1.54) is 30.5 Å². The average molecular weight is 353 g/mol. The zero-order chi connectivity index (χ0) is 18.4. The molecule has 25 heavy (non-hydrogen) atoms. The Balaban J connectivity index is 2.06. The van der Waals surface area contributed by atoms with Crippen LogP contribution in [0.25, 0.3) is 0 Å². The molecule has 2 amide bonds. The lowest BCUT2D eigenvalue weighted by Crippen LogP contribution is -2.25. The summed E-state index contributed by atoms with van der Waals surface area (Å²) in [6, 6.07) is 9.00. The molecule has 0 saturated carbocycles. The number of nitrogens with two attached hydrogens (primary N) is 1. The molecule has 0 atom stereocenters. The number of alkyl halides is 3. The highest BCUT2D eigenvalue weighted by atomic mass is 19.4. The number of amides is 2. The fourth-order valence-corrected chi connectivity index (χ4v) is 1.94. The van der Waals surface area contributed by atoms with Gasteiger partial charge in [-0.15, -0.1) is 0 Å². The van der Waals surface area contributed by atoms with Crippen LogP contribution in [-0.4, -0.2) is 29.6 Å². The lowest BCUT2D eigenvalue weighted by Gasteiger charge is -2.12. The summed E-state index contributed by atoms with van der Waals surface area (Å²) in [6.07, 6.45) is -3.32. The quantitative estimate of drug-likeness (QED) is 0.831. The second kappa shape index (κ2) is 7.65. The van der Waals surface area contributed by atoms with Crippen molar-refractivity contribution in [3.63, 3.8) is 0 Å². The zero-order valence-electron chi connectivity index (χ0n) is 12.8. The molecule has 1 aromatic carbocycles. The van der Waals surface area contributed by atoms with Gasteiger partial charge in [-0.3, -0.25) is 9.59 Å². The minimum Gasteiger partial charge on any atom is -0.467 e. The molecule has 1 heterocycles. The number of halogens is 3. The van der Waals surface area contributed by atoms with Crippen LogP contribution in [0.5, 0.6) is 5.88 Å². The van der Waals surface area contributed by atoms with Crippen molar-refractivity contribution in [3.8, 4) is 5.88 Å². The highest BCUT2D eigenvalue weighted by Gasteiger charge is 2.29. The van der Waals surface area contributed by atoms with E-state index in [2.05, 4.69) is 15.0 Å². The predicted octanol–water partition coefficient (Wildman–Crippen LogP) is 2.05. The Kier molecular flexibility index (Phi) is 5.58. The highest BCUT2D eigenvalue weighted by molar-refractivity contribution is 5.96. The molecule has 2 aromatic rings. The molecule has 132 valence electrons. The number of aromatic nitrogens is 1. The van der Waals surface area contributed by atoms with E-state index in [4.69, 9.17) is 5.73 Å². The molecular formula is C16H14F3N3O3. The van der Waals surface area contributed by atoms with E-state index in [0.717, 1.165) is 0 Å². The first-order valence-electron chi connectivity index (χ1n) is 7.08. The van der Waals surface area contributed by atoms with Gasteiger partial charge in [-0.2, -0.15) is 13.2 Å². The van der Waals surface area contributed by atoms with Gasteiger partial charge in [0.25, 0.3) is 5.91 Å². The topological polar surface area (TPSA) is 94.3 Å². The van der Waals surface area contributed by atoms with Crippen LogP contribution in [0, 0.1) is 0 Å². The summed E-state index contributed by atoms with van der Waals surface area (Å²) >= 11 is 0. The van der Waals surface area contributed by atoms with Gasteiger partial charge in [0.2, 0.25) is 11.8 Å². The number of nitrogens with one attached hydrogen (secondary N) is 1. The third kappa shape index (κ3) is 5.48. The molecule has 0 fully saturated rings. The van der Waals surface area contributed by atoms with Crippen molar-refractivity contribution >= 4 is 11.8 Å². The minimum atomic E-state index is -4.54. The van der Waals surface area contributed by atoms with Gasteiger partial charge in [-0.05, 0) is 29.8 Å². The largest absolute Gasteiger partial charge is 0.467 e. The first kappa shape index (κ1) is 18.2. The maximum absolute atomic E-state index is 12.3. The van der Waals surface area contributed by atoms with Crippen LogP contribution >= 0.6 is 0 Å². The van der Waals surface area contributed by atoms with E-state index in [9.17, 15) is 22.8 Å². The second-order valence-electron chi connectivity index (χ2n) is 5.01. The van der Waals surface area contributed by atoms with E-state index in [1.54, 1.807) is 12.1 Å². The number of hydrogen-bond donors (Lipinski definition) is 2. The van der Waals surface area contributed by atoms with Gasteiger partial charge in [-0.25, -0.2) is 4.98 Å². The molecule has 0 spiro atoms. The monoisotopic (exact) mass is 353 g/mol. The van der Waals surface area contributed by atoms with Crippen LogP contribution < -0.4 is 15.8 Å². The summed E-state index contributed by atoms with van der Waals surface area (Å²) in [5, 5.41) is 2.53. The van der Waals surface area contributed by atoms with E-state index in [0.29, 0.717) is 5.56 Å². The molecule has 6 nitrogen and oxygen atoms in total. The molecule has 1 aromatic heterocycles. The number of ether oxygens (including phenoxy) is 1. The molecule has 0 radical (unpaired) electrons. The maximum Gasteiger partial charge on any atom is 0.422 e. The van der Waals surface area contributed by atoms with Crippen molar-refractivity contribution < 1.29 is 27.5 Å². The summed E-state index contributed by atoms with van der Waals surface area (Å²) in [6.45, 7) is -1.50. The van der Waals surface area contributed by atoms with Crippen molar-refractivity contribution in [2.24, 2.45) is 5.73 Å². The molecule has 0 saturated heterocycles. The van der Waals surface area contributed by atoms with Gasteiger partial charge in [0, 0.05) is 18.3 Å². The summed E-state index contributed by atoms with van der Waals surface area (Å²) in [4.78, 5) is 27.0. The number of primary amides is 1. The number of pyridine rings is 1. The van der Waals surface area contributed by atoms with E-state index < -0.39 is 30.5 Å². The Morgan fingerprint density at radius 3 is 2.64 bits per heavy atom. The Morgan fingerprint density at radius 2 is 1.96 bits per heavy atom. The van der Waals surface area contributed by atoms with Crippen LogP contribution in [0.4, 0.5) is 13.2 Å². The van der Waals surface area contributed by atoms with Gasteiger partial charge in [0.1, 0.15) is 5.56 Å². The zero-order valence-corrected chi connectivity index (χ0v) is 12.8. The van der Waals surface area contributed by atoms with Crippen LogP contribution in [-0.2, 0) is 6.54 Å². The Morgan fingerprint density at radius 1 is 1.20 bits per heavy atom. The maximum atomic E-state index is 12.3. The third-order valence-corrected chi connectivity index (χ3v) is 3.05. The molecule has 9 heteroatoms. The standard InChI is InChI=1S/C16H14F3N3O3/c17-16(18,19)9-25-15-12(5-2-6-21-15)14(24)22-8-10-3-1-4-11(7-10)13(20)23/h1-7H,8-9H2,(H2,20,23)(H,22,24). The molecule has 3 N–H and O–H groups in total. The summed E-state index contributed by atoms with van der Waals surface area (Å²) in [5.74, 6) is -1.68. The van der Waals surface area contributed by atoms with Crippen molar-refractivity contribution in [2.75, 3.05) is 6.61 Å². The van der Waals surface area contributed by atoms with E-state index >= 15 is 0 Å². The Hall–Kier alpha value is -3.10. The van der Waals surface area contributed by atoms with Crippen LogP contribution in [0.3, 0.4) is 0 Å². The van der Waals surface area contributed by atoms with E-state index in [1.807, 2.05) is 0 Å². The summed E-state index contributed by atoms with van der Waals surface area (Å²) in [5.41, 5.74) is 5.93. The van der Waals surface area contributed by atoms with Gasteiger partial charge in [0.05, 0.1) is 0 Å². The number of nitrogens with zero attached hydrogens (tertiary/aromatic N) is 1. The fourth-order valence-electron chi connectivity index (χ4n) is 1.94. The number of hydrogen-bond acceptors (Lipinski definition) is 4. The predicted molar refractivity (Wildman–Crippen MR) is 81.9 cm³/mol. The number of carbonyl (C=O) groups is 2. The van der Waals surface area contributed by atoms with Crippen LogP contribution in [0.2, 0.25) is 0 Å². The van der Waals surface area contributed by atoms with Crippen LogP contribution in [0.1, 0.15) is 26.3 Å². The third-order valence-electron chi connectivity index (χ3n) is 3.05. The minimum absolute atomic E-state index is 0.0492. The summed E-state index contributed by atoms with van der Waals surface area (Å²) < 4.78 is 41.3. The number of carbonyl (C=O) groups excluding carboxylic acids is 2. The van der Waals surface area contributed by atoms with Gasteiger partial charge < -0.3 is 15.8 Å². The lowest BCUT2D eigenvalue weighted by molar-refractivity contribution is -0.154. The van der Waals surface area contributed by atoms with E-state index in [-0.39, 0.29) is 17.7 Å². The lowest BCUT2D eigenvalue weighted by atomic mass is 10.1. The smallest absolute Gasteiger partial charge is 0.422 e. The SMILES string of the molecule is NC(=O)c1cccc(CNC(=O)c2cccnc2OCC(F)(F)F)c1. The molecule has 0 aliphatic heterocycles. The van der Waals surface area contributed by atoms with Crippen molar-refractivity contribution in [1.29, 1.82) is 0 Å². The van der Waals surface area contributed by atoms with Gasteiger partial charge >= 0.3 is 6.18 Å².